The van der Waals surface area contributed by atoms with Crippen molar-refractivity contribution in [2.75, 3.05) is 0 Å². The van der Waals surface area contributed by atoms with Crippen LogP contribution in [0.4, 0.5) is 0 Å². The van der Waals surface area contributed by atoms with Gasteiger partial charge in [-0.3, -0.25) is 19.0 Å². The third kappa shape index (κ3) is 4.69. The van der Waals surface area contributed by atoms with E-state index in [0.29, 0.717) is 10.6 Å². The molecule has 2 aromatic heterocycles. The largest absolute Gasteiger partial charge is 0.352 e. The molecule has 1 unspecified atom stereocenters. The molecule has 11 heteroatoms. The number of hydrogen-bond acceptors (Lipinski definition) is 5. The van der Waals surface area contributed by atoms with Crippen molar-refractivity contribution in [3.63, 3.8) is 0 Å². The van der Waals surface area contributed by atoms with Crippen LogP contribution in [0.5, 0.6) is 0 Å². The van der Waals surface area contributed by atoms with Crippen LogP contribution in [0, 0.1) is 0 Å². The summed E-state index contributed by atoms with van der Waals surface area (Å²) in [5.74, 6) is -0.696. The van der Waals surface area contributed by atoms with Gasteiger partial charge >= 0.3 is 5.69 Å². The molecular formula is C24H25ClN6O4. The fraction of sp³-hybridized carbons (Fsp3) is 0.292. The topological polar surface area (TPSA) is 120 Å². The lowest BCUT2D eigenvalue weighted by Crippen LogP contribution is -2.33. The molecule has 2 aromatic carbocycles. The Morgan fingerprint density at radius 3 is 2.60 bits per heavy atom. The van der Waals surface area contributed by atoms with Gasteiger partial charge in [-0.1, -0.05) is 36.7 Å². The average Bonchev–Trinajstić information content (AvgIpc) is 3.17. The number of amides is 2. The lowest BCUT2D eigenvalue weighted by molar-refractivity contribution is -0.122. The first kappa shape index (κ1) is 24.2. The zero-order valence-corrected chi connectivity index (χ0v) is 20.3. The number of rotatable bonds is 7. The summed E-state index contributed by atoms with van der Waals surface area (Å²) in [6.07, 6.45) is 0.759. The number of halogens is 1. The number of nitrogens with one attached hydrogen (secondary N) is 2. The normalized spacial score (nSPS) is 12.1. The van der Waals surface area contributed by atoms with Crippen LogP contribution in [-0.2, 0) is 24.9 Å². The van der Waals surface area contributed by atoms with Crippen molar-refractivity contribution in [3.05, 3.63) is 79.5 Å². The number of carbonyl (C=O) groups excluding carboxylic acids is 2. The van der Waals surface area contributed by atoms with Crippen molar-refractivity contribution in [1.82, 2.24) is 29.4 Å². The quantitative estimate of drug-likeness (QED) is 0.404. The molecule has 0 saturated carbocycles. The van der Waals surface area contributed by atoms with E-state index in [2.05, 4.69) is 15.7 Å². The summed E-state index contributed by atoms with van der Waals surface area (Å²) >= 11 is 6.12. The van der Waals surface area contributed by atoms with Gasteiger partial charge in [0, 0.05) is 30.2 Å². The van der Waals surface area contributed by atoms with E-state index in [1.54, 1.807) is 24.3 Å². The van der Waals surface area contributed by atoms with Crippen LogP contribution in [-0.4, -0.2) is 36.6 Å². The molecule has 0 aliphatic rings. The SMILES string of the molecule is CCC(C)NC(=O)c1ccc2c(=O)n(C)c3nn(CC(=O)NCc4ccccc4Cl)c(=O)n3c2c1. The predicted molar refractivity (Wildman–Crippen MR) is 133 cm³/mol. The van der Waals surface area contributed by atoms with Crippen LogP contribution in [0.2, 0.25) is 5.02 Å². The van der Waals surface area contributed by atoms with Crippen molar-refractivity contribution >= 4 is 40.1 Å². The van der Waals surface area contributed by atoms with Gasteiger partial charge in [-0.25, -0.2) is 13.9 Å². The van der Waals surface area contributed by atoms with Crippen LogP contribution in [0.25, 0.3) is 16.7 Å². The zero-order valence-electron chi connectivity index (χ0n) is 19.5. The summed E-state index contributed by atoms with van der Waals surface area (Å²) < 4.78 is 3.46. The highest BCUT2D eigenvalue weighted by atomic mass is 35.5. The summed E-state index contributed by atoms with van der Waals surface area (Å²) in [4.78, 5) is 51.3. The van der Waals surface area contributed by atoms with Crippen LogP contribution in [0.15, 0.2) is 52.1 Å². The van der Waals surface area contributed by atoms with Crippen LogP contribution >= 0.6 is 11.6 Å². The van der Waals surface area contributed by atoms with E-state index >= 15 is 0 Å². The van der Waals surface area contributed by atoms with Gasteiger partial charge in [-0.15, -0.1) is 5.10 Å². The van der Waals surface area contributed by atoms with Crippen molar-refractivity contribution in [1.29, 1.82) is 0 Å². The zero-order chi connectivity index (χ0) is 25.3. The number of benzene rings is 2. The van der Waals surface area contributed by atoms with Gasteiger partial charge in [0.1, 0.15) is 6.54 Å². The number of hydrogen-bond donors (Lipinski definition) is 2. The summed E-state index contributed by atoms with van der Waals surface area (Å²) in [5, 5.41) is 10.6. The first-order chi connectivity index (χ1) is 16.7. The Balaban J connectivity index is 1.70. The third-order valence-corrected chi connectivity index (χ3v) is 6.24. The molecule has 2 N–H and O–H groups in total. The molecule has 2 heterocycles. The molecule has 10 nitrogen and oxygen atoms in total. The summed E-state index contributed by atoms with van der Waals surface area (Å²) in [5.41, 5.74) is 0.313. The van der Waals surface area contributed by atoms with Crippen LogP contribution < -0.4 is 21.9 Å². The maximum absolute atomic E-state index is 13.2. The highest BCUT2D eigenvalue weighted by Gasteiger charge is 2.19. The first-order valence-electron chi connectivity index (χ1n) is 11.1. The molecule has 0 saturated heterocycles. The molecule has 4 aromatic rings. The van der Waals surface area contributed by atoms with Gasteiger partial charge in [0.15, 0.2) is 0 Å². The molecule has 0 aliphatic carbocycles. The Morgan fingerprint density at radius 2 is 1.89 bits per heavy atom. The second kappa shape index (κ2) is 9.75. The van der Waals surface area contributed by atoms with Crippen molar-refractivity contribution in [2.24, 2.45) is 7.05 Å². The highest BCUT2D eigenvalue weighted by molar-refractivity contribution is 6.31. The standard InChI is InChI=1S/C24H25ClN6O4/c1-4-14(2)27-21(33)15-9-10-17-19(11-15)31-23(29(3)22(17)34)28-30(24(31)35)13-20(32)26-12-16-7-5-6-8-18(16)25/h5-11,14H,4,12-13H2,1-3H3,(H,26,32)(H,27,33). The predicted octanol–water partition coefficient (Wildman–Crippen LogP) is 1.85. The van der Waals surface area contributed by atoms with Gasteiger partial charge in [0.05, 0.1) is 10.9 Å². The molecule has 1 atom stereocenters. The number of aryl methyl sites for hydroxylation is 1. The van der Waals surface area contributed by atoms with Gasteiger partial charge in [-0.05, 0) is 43.2 Å². The van der Waals surface area contributed by atoms with E-state index in [1.807, 2.05) is 19.9 Å². The minimum Gasteiger partial charge on any atom is -0.350 e. The van der Waals surface area contributed by atoms with E-state index in [9.17, 15) is 19.2 Å². The first-order valence-corrected chi connectivity index (χ1v) is 11.5. The monoisotopic (exact) mass is 496 g/mol. The highest BCUT2D eigenvalue weighted by Crippen LogP contribution is 2.15. The molecular weight excluding hydrogens is 472 g/mol. The average molecular weight is 497 g/mol. The Morgan fingerprint density at radius 1 is 1.14 bits per heavy atom. The lowest BCUT2D eigenvalue weighted by atomic mass is 10.1. The second-order valence-electron chi connectivity index (χ2n) is 8.32. The Kier molecular flexibility index (Phi) is 6.74. The van der Waals surface area contributed by atoms with Crippen molar-refractivity contribution < 1.29 is 9.59 Å². The van der Waals surface area contributed by atoms with Gasteiger partial charge in [0.25, 0.3) is 11.5 Å². The molecule has 0 bridgehead atoms. The second-order valence-corrected chi connectivity index (χ2v) is 8.73. The Labute approximate surface area is 205 Å². The van der Waals surface area contributed by atoms with E-state index in [4.69, 9.17) is 11.6 Å². The summed E-state index contributed by atoms with van der Waals surface area (Å²) in [6, 6.07) is 11.6. The Hall–Kier alpha value is -3.92. The van der Waals surface area contributed by atoms with Crippen LogP contribution in [0.1, 0.15) is 36.2 Å². The molecule has 0 radical (unpaired) electrons. The third-order valence-electron chi connectivity index (χ3n) is 5.88. The number of aromatic nitrogens is 4. The summed E-state index contributed by atoms with van der Waals surface area (Å²) in [7, 11) is 1.49. The van der Waals surface area contributed by atoms with Crippen LogP contribution in [0.3, 0.4) is 0 Å². The maximum Gasteiger partial charge on any atom is 0.352 e. The van der Waals surface area contributed by atoms with E-state index in [0.717, 1.165) is 16.7 Å². The molecule has 0 aliphatic heterocycles. The lowest BCUT2D eigenvalue weighted by Gasteiger charge is -2.12. The summed E-state index contributed by atoms with van der Waals surface area (Å²) in [6.45, 7) is 3.68. The van der Waals surface area contributed by atoms with E-state index < -0.39 is 11.6 Å². The molecule has 0 fully saturated rings. The molecule has 182 valence electrons. The van der Waals surface area contributed by atoms with Crippen molar-refractivity contribution in [2.45, 2.75) is 39.4 Å². The molecule has 0 spiro atoms. The molecule has 4 rings (SSSR count). The number of fused-ring (bicyclic) bond motifs is 3. The minimum absolute atomic E-state index is 0.0309. The van der Waals surface area contributed by atoms with Gasteiger partial charge in [0.2, 0.25) is 11.7 Å². The number of nitrogens with zero attached hydrogens (tertiary/aromatic N) is 4. The van der Waals surface area contributed by atoms with E-state index in [1.165, 1.54) is 28.1 Å². The molecule has 35 heavy (non-hydrogen) atoms. The van der Waals surface area contributed by atoms with E-state index in [-0.39, 0.29) is 47.3 Å². The van der Waals surface area contributed by atoms with Crippen molar-refractivity contribution in [3.8, 4) is 0 Å². The van der Waals surface area contributed by atoms with Gasteiger partial charge < -0.3 is 10.6 Å². The fourth-order valence-electron chi connectivity index (χ4n) is 3.67. The number of carbonyl (C=O) groups is 2. The fourth-order valence-corrected chi connectivity index (χ4v) is 3.88. The Bertz CT molecular complexity index is 1570. The smallest absolute Gasteiger partial charge is 0.350 e. The van der Waals surface area contributed by atoms with Gasteiger partial charge in [-0.2, -0.15) is 0 Å². The maximum atomic E-state index is 13.2. The minimum atomic E-state index is -0.604. The molecule has 2 amide bonds.